The quantitative estimate of drug-likeness (QED) is 0.928. The molecule has 1 saturated heterocycles. The third-order valence-electron chi connectivity index (χ3n) is 4.37. The van der Waals surface area contributed by atoms with E-state index in [1.54, 1.807) is 25.1 Å². The van der Waals surface area contributed by atoms with Crippen molar-refractivity contribution in [3.63, 3.8) is 0 Å². The summed E-state index contributed by atoms with van der Waals surface area (Å²) in [5, 5.41) is 2.64. The van der Waals surface area contributed by atoms with E-state index in [2.05, 4.69) is 15.3 Å². The molecule has 25 heavy (non-hydrogen) atoms. The first-order valence-electron chi connectivity index (χ1n) is 8.18. The smallest absolute Gasteiger partial charge is 0.217 e. The second kappa shape index (κ2) is 7.13. The molecule has 5 nitrogen and oxygen atoms in total. The van der Waals surface area contributed by atoms with Crippen molar-refractivity contribution in [3.05, 3.63) is 42.0 Å². The number of hydrogen-bond acceptors (Lipinski definition) is 4. The molecule has 0 saturated carbocycles. The second-order valence-electron chi connectivity index (χ2n) is 6.28. The Morgan fingerprint density at radius 3 is 2.80 bits per heavy atom. The van der Waals surface area contributed by atoms with E-state index >= 15 is 0 Å². The summed E-state index contributed by atoms with van der Waals surface area (Å²) in [6.45, 7) is 3.80. The van der Waals surface area contributed by atoms with Crippen molar-refractivity contribution in [2.24, 2.45) is 0 Å². The SMILES string of the molecule is CC(=O)N[C@H]1CCN(c2cc(-c3ccc(C)c(F)c3)ncn2)C[C@@H]1F. The normalized spacial score (nSPS) is 20.4. The zero-order valence-electron chi connectivity index (χ0n) is 14.2. The number of nitrogens with zero attached hydrogens (tertiary/aromatic N) is 3. The predicted octanol–water partition coefficient (Wildman–Crippen LogP) is 2.64. The van der Waals surface area contributed by atoms with Gasteiger partial charge < -0.3 is 10.2 Å². The lowest BCUT2D eigenvalue weighted by Crippen LogP contribution is -2.52. The molecule has 3 rings (SSSR count). The van der Waals surface area contributed by atoms with Gasteiger partial charge in [0, 0.05) is 25.1 Å². The van der Waals surface area contributed by atoms with Crippen LogP contribution in [0.3, 0.4) is 0 Å². The third kappa shape index (κ3) is 3.92. The topological polar surface area (TPSA) is 58.1 Å². The van der Waals surface area contributed by atoms with Gasteiger partial charge in [0.1, 0.15) is 24.1 Å². The highest BCUT2D eigenvalue weighted by atomic mass is 19.1. The van der Waals surface area contributed by atoms with Crippen LogP contribution in [0.2, 0.25) is 0 Å². The molecule has 0 bridgehead atoms. The van der Waals surface area contributed by atoms with Gasteiger partial charge >= 0.3 is 0 Å². The van der Waals surface area contributed by atoms with Crippen molar-refractivity contribution in [1.29, 1.82) is 0 Å². The van der Waals surface area contributed by atoms with E-state index in [1.165, 1.54) is 19.3 Å². The fraction of sp³-hybridized carbons (Fsp3) is 0.389. The zero-order chi connectivity index (χ0) is 18.0. The lowest BCUT2D eigenvalue weighted by molar-refractivity contribution is -0.120. The first-order valence-corrected chi connectivity index (χ1v) is 8.18. The Bertz CT molecular complexity index is 783. The van der Waals surface area contributed by atoms with Crippen LogP contribution in [-0.4, -0.2) is 41.2 Å². The van der Waals surface area contributed by atoms with Gasteiger partial charge in [0.15, 0.2) is 0 Å². The molecule has 0 unspecified atom stereocenters. The number of halogens is 2. The molecule has 1 amide bonds. The summed E-state index contributed by atoms with van der Waals surface area (Å²) in [7, 11) is 0. The maximum Gasteiger partial charge on any atom is 0.217 e. The molecule has 1 N–H and O–H groups in total. The summed E-state index contributed by atoms with van der Waals surface area (Å²) in [6, 6.07) is 6.19. The number of rotatable bonds is 3. The number of aromatic nitrogens is 2. The molecule has 2 atom stereocenters. The maximum absolute atomic E-state index is 14.3. The van der Waals surface area contributed by atoms with E-state index in [-0.39, 0.29) is 18.3 Å². The molecular weight excluding hydrogens is 326 g/mol. The number of alkyl halides is 1. The van der Waals surface area contributed by atoms with Crippen molar-refractivity contribution in [3.8, 4) is 11.3 Å². The van der Waals surface area contributed by atoms with Crippen LogP contribution in [0.4, 0.5) is 14.6 Å². The molecular formula is C18H20F2N4O. The molecule has 1 aromatic carbocycles. The highest BCUT2D eigenvalue weighted by Gasteiger charge is 2.30. The van der Waals surface area contributed by atoms with Crippen molar-refractivity contribution in [2.75, 3.05) is 18.0 Å². The lowest BCUT2D eigenvalue weighted by Gasteiger charge is -2.35. The highest BCUT2D eigenvalue weighted by Crippen LogP contribution is 2.25. The number of aryl methyl sites for hydroxylation is 1. The van der Waals surface area contributed by atoms with Crippen molar-refractivity contribution in [1.82, 2.24) is 15.3 Å². The van der Waals surface area contributed by atoms with Crippen molar-refractivity contribution < 1.29 is 13.6 Å². The zero-order valence-corrected chi connectivity index (χ0v) is 14.2. The van der Waals surface area contributed by atoms with Crippen LogP contribution in [0.15, 0.2) is 30.6 Å². The summed E-state index contributed by atoms with van der Waals surface area (Å²) in [5.74, 6) is 0.0688. The van der Waals surface area contributed by atoms with Gasteiger partial charge in [-0.1, -0.05) is 12.1 Å². The predicted molar refractivity (Wildman–Crippen MR) is 91.5 cm³/mol. The average molecular weight is 346 g/mol. The van der Waals surface area contributed by atoms with Gasteiger partial charge in [-0.3, -0.25) is 4.79 Å². The Labute approximate surface area is 145 Å². The van der Waals surface area contributed by atoms with Gasteiger partial charge in [-0.15, -0.1) is 0 Å². The standard InChI is InChI=1S/C18H20F2N4O/c1-11-3-4-13(7-14(11)19)17-8-18(22-10-21-17)24-6-5-16(15(20)9-24)23-12(2)25/h3-4,7-8,10,15-16H,5-6,9H2,1-2H3,(H,23,25)/t15-,16-/m0/s1. The van der Waals surface area contributed by atoms with Gasteiger partial charge in [0.25, 0.3) is 0 Å². The number of carbonyl (C=O) groups excluding carboxylic acids is 1. The van der Waals surface area contributed by atoms with Gasteiger partial charge in [-0.25, -0.2) is 18.7 Å². The maximum atomic E-state index is 14.3. The Hall–Kier alpha value is -2.57. The van der Waals surface area contributed by atoms with Crippen LogP contribution in [0.5, 0.6) is 0 Å². The molecule has 7 heteroatoms. The van der Waals surface area contributed by atoms with Gasteiger partial charge in [0.05, 0.1) is 18.3 Å². The Morgan fingerprint density at radius 2 is 2.12 bits per heavy atom. The van der Waals surface area contributed by atoms with Crippen LogP contribution in [-0.2, 0) is 4.79 Å². The summed E-state index contributed by atoms with van der Waals surface area (Å²) >= 11 is 0. The van der Waals surface area contributed by atoms with E-state index in [1.807, 2.05) is 4.90 Å². The molecule has 0 aliphatic carbocycles. The largest absolute Gasteiger partial charge is 0.353 e. The fourth-order valence-corrected chi connectivity index (χ4v) is 2.97. The molecule has 2 heterocycles. The van der Waals surface area contributed by atoms with Gasteiger partial charge in [-0.2, -0.15) is 0 Å². The number of benzene rings is 1. The summed E-state index contributed by atoms with van der Waals surface area (Å²) in [5.41, 5.74) is 1.80. The van der Waals surface area contributed by atoms with Gasteiger partial charge in [0.2, 0.25) is 5.91 Å². The molecule has 0 spiro atoms. The minimum atomic E-state index is -1.17. The number of piperidine rings is 1. The number of carbonyl (C=O) groups is 1. The third-order valence-corrected chi connectivity index (χ3v) is 4.37. The molecule has 2 aromatic rings. The van der Waals surface area contributed by atoms with Crippen LogP contribution >= 0.6 is 0 Å². The molecule has 1 aliphatic heterocycles. The Morgan fingerprint density at radius 1 is 1.32 bits per heavy atom. The van der Waals surface area contributed by atoms with E-state index in [4.69, 9.17) is 0 Å². The number of anilines is 1. The highest BCUT2D eigenvalue weighted by molar-refractivity contribution is 5.73. The van der Waals surface area contributed by atoms with E-state index in [0.717, 1.165) is 0 Å². The van der Waals surface area contributed by atoms with Crippen LogP contribution in [0, 0.1) is 12.7 Å². The monoisotopic (exact) mass is 346 g/mol. The van der Waals surface area contributed by atoms with E-state index < -0.39 is 12.2 Å². The number of nitrogens with one attached hydrogen (secondary N) is 1. The Balaban J connectivity index is 1.78. The van der Waals surface area contributed by atoms with Crippen molar-refractivity contribution >= 4 is 11.7 Å². The molecule has 0 radical (unpaired) electrons. The minimum Gasteiger partial charge on any atom is -0.353 e. The first-order chi connectivity index (χ1) is 11.9. The minimum absolute atomic E-state index is 0.143. The molecule has 1 aromatic heterocycles. The lowest BCUT2D eigenvalue weighted by atomic mass is 10.0. The van der Waals surface area contributed by atoms with Crippen LogP contribution in [0.1, 0.15) is 18.9 Å². The molecule has 132 valence electrons. The summed E-state index contributed by atoms with van der Waals surface area (Å²) in [4.78, 5) is 21.3. The van der Waals surface area contributed by atoms with Crippen molar-refractivity contribution in [2.45, 2.75) is 32.5 Å². The van der Waals surface area contributed by atoms with E-state index in [9.17, 15) is 13.6 Å². The van der Waals surface area contributed by atoms with Crippen LogP contribution < -0.4 is 10.2 Å². The average Bonchev–Trinajstić information content (AvgIpc) is 2.59. The number of amides is 1. The van der Waals surface area contributed by atoms with Crippen LogP contribution in [0.25, 0.3) is 11.3 Å². The molecule has 1 aliphatic rings. The first kappa shape index (κ1) is 17.3. The second-order valence-corrected chi connectivity index (χ2v) is 6.28. The fourth-order valence-electron chi connectivity index (χ4n) is 2.97. The van der Waals surface area contributed by atoms with Gasteiger partial charge in [-0.05, 0) is 25.0 Å². The number of hydrogen-bond donors (Lipinski definition) is 1. The summed E-state index contributed by atoms with van der Waals surface area (Å²) in [6.07, 6.45) is 0.724. The summed E-state index contributed by atoms with van der Waals surface area (Å²) < 4.78 is 28.1. The van der Waals surface area contributed by atoms with E-state index in [0.29, 0.717) is 35.6 Å². The molecule has 1 fully saturated rings. The Kier molecular flexibility index (Phi) is 4.92.